The van der Waals surface area contributed by atoms with Gasteiger partial charge in [0.15, 0.2) is 12.1 Å². The standard InChI is InChI=1S/C48H75NO17/c1-28-18-16-14-12-10-8-6-7-9-11-13-15-17-19-35(65-47-45(59)42(49)44(58)31(4)64-47)25-39-41(46(60)62-5)38(55)27-48(61,66-39)26-34(52)23-37(54)36(53)21-20-32(50)22-33(51)24-40(56)63-30(3)29(2)43(28)57/h6-19,28-39,41-45,47,50-55,57-59,61H,20-27,49H2,1-5H3/b7-6+,10-8+,11-9+,14-12-,15-13+,18-16+,19-17+. The van der Waals surface area contributed by atoms with Gasteiger partial charge in [0.1, 0.15) is 18.1 Å². The fourth-order valence-corrected chi connectivity index (χ4v) is 8.09. The molecule has 12 N–H and O–H groups in total. The number of ether oxygens (including phenoxy) is 5. The minimum absolute atomic E-state index is 0.0949. The Morgan fingerprint density at radius 1 is 0.667 bits per heavy atom. The van der Waals surface area contributed by atoms with Gasteiger partial charge >= 0.3 is 11.9 Å². The van der Waals surface area contributed by atoms with E-state index >= 15 is 0 Å². The van der Waals surface area contributed by atoms with Crippen LogP contribution in [0.25, 0.3) is 0 Å². The van der Waals surface area contributed by atoms with E-state index in [2.05, 4.69) is 0 Å². The second kappa shape index (κ2) is 28.1. The molecule has 19 atom stereocenters. The summed E-state index contributed by atoms with van der Waals surface area (Å²) in [6.45, 7) is 6.78. The number of fused-ring (bicyclic) bond motifs is 2. The summed E-state index contributed by atoms with van der Waals surface area (Å²) in [5, 5.41) is 109. The van der Waals surface area contributed by atoms with Gasteiger partial charge in [0, 0.05) is 37.5 Å². The van der Waals surface area contributed by atoms with Gasteiger partial charge in [0.2, 0.25) is 0 Å². The molecule has 0 aromatic rings. The van der Waals surface area contributed by atoms with Crippen molar-refractivity contribution in [3.63, 3.8) is 0 Å². The maximum absolute atomic E-state index is 13.1. The summed E-state index contributed by atoms with van der Waals surface area (Å²) in [5.74, 6) is -5.93. The van der Waals surface area contributed by atoms with Gasteiger partial charge in [-0.1, -0.05) is 98.9 Å². The highest BCUT2D eigenvalue weighted by atomic mass is 16.7. The highest BCUT2D eigenvalue weighted by Crippen LogP contribution is 2.38. The molecule has 374 valence electrons. The smallest absolute Gasteiger partial charge is 0.313 e. The first-order chi connectivity index (χ1) is 31.2. The average molecular weight is 938 g/mol. The van der Waals surface area contributed by atoms with E-state index in [9.17, 15) is 60.7 Å². The number of aliphatic hydroxyl groups excluding tert-OH is 9. The number of methoxy groups -OCH3 is 1. The molecule has 3 aliphatic rings. The monoisotopic (exact) mass is 938 g/mol. The molecule has 0 radical (unpaired) electrons. The zero-order valence-corrected chi connectivity index (χ0v) is 38.5. The molecular formula is C48H75NO17. The van der Waals surface area contributed by atoms with Gasteiger partial charge in [0.25, 0.3) is 0 Å². The number of carbonyl (C=O) groups excluding carboxylic acids is 2. The molecule has 3 rings (SSSR count). The highest BCUT2D eigenvalue weighted by Gasteiger charge is 2.51. The van der Waals surface area contributed by atoms with Crippen LogP contribution in [0.3, 0.4) is 0 Å². The lowest BCUT2D eigenvalue weighted by Gasteiger charge is -2.45. The highest BCUT2D eigenvalue weighted by molar-refractivity contribution is 5.74. The van der Waals surface area contributed by atoms with Crippen LogP contribution in [0.15, 0.2) is 85.1 Å². The Bertz CT molecular complexity index is 1680. The number of aliphatic hydroxyl groups is 10. The lowest BCUT2D eigenvalue weighted by Crippen LogP contribution is -2.61. The van der Waals surface area contributed by atoms with E-state index < -0.39 is 147 Å². The van der Waals surface area contributed by atoms with Gasteiger partial charge in [0.05, 0.1) is 86.7 Å². The molecule has 2 fully saturated rings. The van der Waals surface area contributed by atoms with E-state index in [0.29, 0.717) is 0 Å². The van der Waals surface area contributed by atoms with Gasteiger partial charge < -0.3 is 80.5 Å². The number of carbonyl (C=O) groups is 2. The molecule has 18 nitrogen and oxygen atoms in total. The van der Waals surface area contributed by atoms with Crippen LogP contribution in [-0.4, -0.2) is 168 Å². The Balaban J connectivity index is 1.88. The number of nitrogens with two attached hydrogens (primary N) is 1. The molecule has 0 saturated carbocycles. The molecular weight excluding hydrogens is 863 g/mol. The molecule has 18 heteroatoms. The number of cyclic esters (lactones) is 1. The number of allylic oxidation sites excluding steroid dienone is 12. The van der Waals surface area contributed by atoms with Gasteiger partial charge in [-0.05, 0) is 33.1 Å². The van der Waals surface area contributed by atoms with E-state index in [1.165, 1.54) is 0 Å². The van der Waals surface area contributed by atoms with Crippen LogP contribution in [0.2, 0.25) is 0 Å². The van der Waals surface area contributed by atoms with Crippen molar-refractivity contribution in [2.24, 2.45) is 23.5 Å². The summed E-state index contributed by atoms with van der Waals surface area (Å²) in [5.41, 5.74) is 6.05. The number of hydrogen-bond acceptors (Lipinski definition) is 18. The Hall–Kier alpha value is -3.44. The number of esters is 2. The Morgan fingerprint density at radius 2 is 1.24 bits per heavy atom. The Labute approximate surface area is 387 Å². The molecule has 0 amide bonds. The van der Waals surface area contributed by atoms with Gasteiger partial charge in [-0.15, -0.1) is 0 Å². The first-order valence-corrected chi connectivity index (χ1v) is 22.7. The Morgan fingerprint density at radius 3 is 1.83 bits per heavy atom. The predicted octanol–water partition coefficient (Wildman–Crippen LogP) is 0.800. The summed E-state index contributed by atoms with van der Waals surface area (Å²) >= 11 is 0. The van der Waals surface area contributed by atoms with Crippen LogP contribution in [0.5, 0.6) is 0 Å². The molecule has 2 bridgehead atoms. The molecule has 3 heterocycles. The van der Waals surface area contributed by atoms with Crippen LogP contribution in [0, 0.1) is 17.8 Å². The summed E-state index contributed by atoms with van der Waals surface area (Å²) < 4.78 is 28.4. The molecule has 0 aromatic carbocycles. The van der Waals surface area contributed by atoms with Crippen molar-refractivity contribution in [2.75, 3.05) is 7.11 Å². The van der Waals surface area contributed by atoms with Crippen LogP contribution in [0.4, 0.5) is 0 Å². The van der Waals surface area contributed by atoms with Crippen LogP contribution in [0.1, 0.15) is 79.1 Å². The molecule has 0 aliphatic carbocycles. The van der Waals surface area contributed by atoms with Crippen molar-refractivity contribution in [3.8, 4) is 0 Å². The third kappa shape index (κ3) is 18.6. The second-order valence-electron chi connectivity index (χ2n) is 17.8. The molecule has 2 saturated heterocycles. The molecule has 66 heavy (non-hydrogen) atoms. The fourth-order valence-electron chi connectivity index (χ4n) is 8.09. The third-order valence-corrected chi connectivity index (χ3v) is 12.2. The lowest BCUT2D eigenvalue weighted by molar-refractivity contribution is -0.308. The van der Waals surface area contributed by atoms with Crippen molar-refractivity contribution < 1.29 is 84.3 Å². The van der Waals surface area contributed by atoms with E-state index in [-0.39, 0.29) is 31.6 Å². The first kappa shape index (κ1) is 56.9. The van der Waals surface area contributed by atoms with E-state index in [1.54, 1.807) is 75.5 Å². The van der Waals surface area contributed by atoms with Crippen molar-refractivity contribution in [1.82, 2.24) is 0 Å². The first-order valence-electron chi connectivity index (χ1n) is 22.7. The summed E-state index contributed by atoms with van der Waals surface area (Å²) in [6.07, 6.45) is 4.50. The minimum Gasteiger partial charge on any atom is -0.469 e. The molecule has 19 unspecified atom stereocenters. The van der Waals surface area contributed by atoms with Crippen LogP contribution >= 0.6 is 0 Å². The normalized spacial score (nSPS) is 44.9. The average Bonchev–Trinajstić information content (AvgIpc) is 3.24. The van der Waals surface area contributed by atoms with Crippen molar-refractivity contribution in [3.05, 3.63) is 85.1 Å². The third-order valence-electron chi connectivity index (χ3n) is 12.2. The summed E-state index contributed by atoms with van der Waals surface area (Å²) in [4.78, 5) is 25.7. The topological polar surface area (TPSA) is 309 Å². The SMILES string of the molecule is COC(=O)C1C(O)CC2(O)CC(O)CC(O)C(O)CCC(O)CC(O)CC(=O)OC(C)C(C)C(O)C(C)/C=C/C=C\C=C\C=C\C=C\C=C\C=C\C(OC3OC(C)C(O)C(N)C3O)CC1O2. The summed E-state index contributed by atoms with van der Waals surface area (Å²) in [7, 11) is 1.12. The maximum atomic E-state index is 13.1. The Kier molecular flexibility index (Phi) is 24.3. The van der Waals surface area contributed by atoms with Gasteiger partial charge in [-0.2, -0.15) is 0 Å². The predicted molar refractivity (Wildman–Crippen MR) is 241 cm³/mol. The maximum Gasteiger partial charge on any atom is 0.313 e. The second-order valence-corrected chi connectivity index (χ2v) is 17.8. The van der Waals surface area contributed by atoms with Gasteiger partial charge in [-0.3, -0.25) is 9.59 Å². The fraction of sp³-hybridized carbons (Fsp3) is 0.667. The van der Waals surface area contributed by atoms with Crippen molar-refractivity contribution in [2.45, 2.75) is 177 Å². The quantitative estimate of drug-likeness (QED) is 0.174. The van der Waals surface area contributed by atoms with E-state index in [0.717, 1.165) is 7.11 Å². The van der Waals surface area contributed by atoms with Gasteiger partial charge in [-0.25, -0.2) is 0 Å². The molecule has 0 spiro atoms. The summed E-state index contributed by atoms with van der Waals surface area (Å²) in [6, 6.07) is -1.13. The zero-order chi connectivity index (χ0) is 49.1. The molecule has 0 aromatic heterocycles. The zero-order valence-electron chi connectivity index (χ0n) is 38.5. The number of hydrogen-bond donors (Lipinski definition) is 11. The van der Waals surface area contributed by atoms with E-state index in [4.69, 9.17) is 29.4 Å². The number of rotatable bonds is 3. The van der Waals surface area contributed by atoms with E-state index in [1.807, 2.05) is 37.3 Å². The van der Waals surface area contributed by atoms with Crippen molar-refractivity contribution in [1.29, 1.82) is 0 Å². The largest absolute Gasteiger partial charge is 0.469 e. The van der Waals surface area contributed by atoms with Crippen LogP contribution < -0.4 is 5.73 Å². The minimum atomic E-state index is -2.27. The molecule has 3 aliphatic heterocycles. The van der Waals surface area contributed by atoms with Crippen LogP contribution in [-0.2, 0) is 33.3 Å². The lowest BCUT2D eigenvalue weighted by atomic mass is 9.82. The van der Waals surface area contributed by atoms with Crippen molar-refractivity contribution >= 4 is 11.9 Å².